The highest BCUT2D eigenvalue weighted by Crippen LogP contribution is 2.20. The molecule has 0 saturated heterocycles. The van der Waals surface area contributed by atoms with Crippen LogP contribution in [-0.4, -0.2) is 18.8 Å². The first-order valence-corrected chi connectivity index (χ1v) is 4.45. The third-order valence-electron chi connectivity index (χ3n) is 1.69. The van der Waals surface area contributed by atoms with Crippen molar-refractivity contribution in [3.8, 4) is 0 Å². The Balaban J connectivity index is 2.71. The zero-order valence-electron chi connectivity index (χ0n) is 8.54. The van der Waals surface area contributed by atoms with Gasteiger partial charge in [0.2, 0.25) is 0 Å². The summed E-state index contributed by atoms with van der Waals surface area (Å²) in [4.78, 5) is 10.9. The Morgan fingerprint density at radius 2 is 1.61 bits per heavy atom. The molecule has 0 spiro atoms. The smallest absolute Gasteiger partial charge is 0.329 e. The fraction of sp³-hybridized carbons (Fsp3) is 0.222. The van der Waals surface area contributed by atoms with Crippen molar-refractivity contribution < 1.29 is 31.1 Å². The van der Waals surface area contributed by atoms with Crippen molar-refractivity contribution in [3.63, 3.8) is 0 Å². The summed E-state index contributed by atoms with van der Waals surface area (Å²) in [5.41, 5.74) is -1.03. The highest BCUT2D eigenvalue weighted by Gasteiger charge is 2.28. The van der Waals surface area contributed by atoms with E-state index in [1.807, 2.05) is 0 Å². The molecular weight excluding hydrogens is 266 g/mol. The lowest BCUT2D eigenvalue weighted by Crippen LogP contribution is -2.37. The van der Waals surface area contributed by atoms with Gasteiger partial charge in [0.15, 0.2) is 11.6 Å². The first kappa shape index (κ1) is 14.1. The summed E-state index contributed by atoms with van der Waals surface area (Å²) in [6.07, 6.45) is -4.66. The molecule has 1 aromatic carbocycles. The minimum atomic E-state index is -4.66. The molecule has 0 unspecified atom stereocenters. The maximum atomic E-state index is 13.0. The van der Waals surface area contributed by atoms with Crippen molar-refractivity contribution in [3.05, 3.63) is 29.6 Å². The molecule has 2 amide bonds. The van der Waals surface area contributed by atoms with E-state index in [2.05, 4.69) is 0 Å². The number of benzene rings is 1. The van der Waals surface area contributed by atoms with E-state index in [0.29, 0.717) is 0 Å². The first-order chi connectivity index (χ1) is 8.19. The Kier molecular flexibility index (Phi) is 4.04. The third kappa shape index (κ3) is 4.15. The van der Waals surface area contributed by atoms with E-state index in [1.54, 1.807) is 0 Å². The summed E-state index contributed by atoms with van der Waals surface area (Å²) in [6.45, 7) is -1.66. The minimum absolute atomic E-state index is 0.280. The fourth-order valence-corrected chi connectivity index (χ4v) is 1.000. The Morgan fingerprint density at radius 1 is 1.11 bits per heavy atom. The topological polar surface area (TPSA) is 41.1 Å². The average molecular weight is 272 g/mol. The molecule has 2 N–H and O–H groups in total. The van der Waals surface area contributed by atoms with Gasteiger partial charge in [0, 0.05) is 12.1 Å². The highest BCUT2D eigenvalue weighted by molar-refractivity contribution is 5.89. The van der Waals surface area contributed by atoms with Crippen molar-refractivity contribution in [1.82, 2.24) is 5.32 Å². The maximum absolute atomic E-state index is 13.0. The number of hydrogen-bond acceptors (Lipinski definition) is 1. The van der Waals surface area contributed by atoms with Gasteiger partial charge in [-0.1, -0.05) is 0 Å². The van der Waals surface area contributed by atoms with Gasteiger partial charge in [0.1, 0.15) is 18.0 Å². The van der Waals surface area contributed by atoms with Crippen LogP contribution in [0.15, 0.2) is 12.1 Å². The second kappa shape index (κ2) is 5.15. The molecule has 0 aliphatic carbocycles. The number of rotatable bonds is 2. The van der Waals surface area contributed by atoms with Crippen LogP contribution in [-0.2, 0) is 0 Å². The van der Waals surface area contributed by atoms with Gasteiger partial charge in [-0.15, -0.1) is 0 Å². The van der Waals surface area contributed by atoms with Crippen LogP contribution in [0.1, 0.15) is 0 Å². The predicted molar refractivity (Wildman–Crippen MR) is 49.4 cm³/mol. The molecule has 0 radical (unpaired) electrons. The molecule has 0 heterocycles. The summed E-state index contributed by atoms with van der Waals surface area (Å²) < 4.78 is 73.7. The summed E-state index contributed by atoms with van der Waals surface area (Å²) in [5.74, 6) is -4.09. The number of urea groups is 1. The van der Waals surface area contributed by atoms with Crippen molar-refractivity contribution in [2.75, 3.05) is 11.9 Å². The zero-order valence-corrected chi connectivity index (χ0v) is 8.54. The average Bonchev–Trinajstić information content (AvgIpc) is 2.19. The molecule has 0 atom stereocenters. The number of amides is 2. The maximum Gasteiger partial charge on any atom is 0.405 e. The molecule has 100 valence electrons. The van der Waals surface area contributed by atoms with Gasteiger partial charge in [-0.05, 0) is 0 Å². The van der Waals surface area contributed by atoms with Gasteiger partial charge in [0.25, 0.3) is 0 Å². The summed E-state index contributed by atoms with van der Waals surface area (Å²) in [6, 6.07) is -0.901. The minimum Gasteiger partial charge on any atom is -0.329 e. The van der Waals surface area contributed by atoms with Gasteiger partial charge < -0.3 is 10.6 Å². The Morgan fingerprint density at radius 3 is 2.06 bits per heavy atom. The largest absolute Gasteiger partial charge is 0.405 e. The lowest BCUT2D eigenvalue weighted by Gasteiger charge is -2.10. The van der Waals surface area contributed by atoms with Crippen LogP contribution in [0.25, 0.3) is 0 Å². The predicted octanol–water partition coefficient (Wildman–Crippen LogP) is 2.79. The summed E-state index contributed by atoms with van der Waals surface area (Å²) >= 11 is 0. The van der Waals surface area contributed by atoms with Crippen molar-refractivity contribution in [2.45, 2.75) is 6.18 Å². The molecule has 0 saturated carbocycles. The Labute approximate surface area is 96.8 Å². The molecule has 1 rings (SSSR count). The van der Waals surface area contributed by atoms with Crippen LogP contribution in [0.3, 0.4) is 0 Å². The van der Waals surface area contributed by atoms with Gasteiger partial charge >= 0.3 is 12.2 Å². The Bertz CT molecular complexity index is 436. The number of halogens is 6. The number of nitrogens with one attached hydrogen (secondary N) is 2. The van der Waals surface area contributed by atoms with Crippen LogP contribution >= 0.6 is 0 Å². The lowest BCUT2D eigenvalue weighted by molar-refractivity contribution is -0.122. The van der Waals surface area contributed by atoms with Crippen LogP contribution < -0.4 is 10.6 Å². The molecule has 0 aliphatic heterocycles. The molecular formula is C9H6F6N2O. The second-order valence-electron chi connectivity index (χ2n) is 3.17. The van der Waals surface area contributed by atoms with Gasteiger partial charge in [-0.2, -0.15) is 13.2 Å². The number of hydrogen-bond donors (Lipinski definition) is 2. The van der Waals surface area contributed by atoms with E-state index in [-0.39, 0.29) is 12.1 Å². The van der Waals surface area contributed by atoms with Gasteiger partial charge in [-0.3, -0.25) is 0 Å². The summed E-state index contributed by atoms with van der Waals surface area (Å²) in [7, 11) is 0. The first-order valence-electron chi connectivity index (χ1n) is 4.45. The van der Waals surface area contributed by atoms with Crippen LogP contribution in [0.2, 0.25) is 0 Å². The Hall–Kier alpha value is -1.93. The van der Waals surface area contributed by atoms with Crippen LogP contribution in [0.5, 0.6) is 0 Å². The third-order valence-corrected chi connectivity index (χ3v) is 1.69. The molecule has 1 aromatic rings. The molecule has 0 aliphatic rings. The monoisotopic (exact) mass is 272 g/mol. The van der Waals surface area contributed by atoms with E-state index in [0.717, 1.165) is 0 Å². The normalized spacial score (nSPS) is 11.2. The van der Waals surface area contributed by atoms with Crippen molar-refractivity contribution in [1.29, 1.82) is 0 Å². The number of anilines is 1. The van der Waals surface area contributed by atoms with Crippen LogP contribution in [0.4, 0.5) is 36.8 Å². The van der Waals surface area contributed by atoms with Gasteiger partial charge in [0.05, 0.1) is 0 Å². The second-order valence-corrected chi connectivity index (χ2v) is 3.17. The number of carbonyl (C=O) groups is 1. The zero-order chi connectivity index (χ0) is 13.9. The SMILES string of the molecule is O=C(NCC(F)(F)F)Nc1c(F)cc(F)cc1F. The molecule has 0 fully saturated rings. The molecule has 9 heteroatoms. The van der Waals surface area contributed by atoms with Crippen LogP contribution in [0, 0.1) is 17.5 Å². The molecule has 18 heavy (non-hydrogen) atoms. The highest BCUT2D eigenvalue weighted by atomic mass is 19.4. The number of alkyl halides is 3. The molecule has 0 bridgehead atoms. The van der Waals surface area contributed by atoms with Gasteiger partial charge in [-0.25, -0.2) is 18.0 Å². The van der Waals surface area contributed by atoms with E-state index in [4.69, 9.17) is 0 Å². The van der Waals surface area contributed by atoms with E-state index >= 15 is 0 Å². The standard InChI is InChI=1S/C9H6F6N2O/c10-4-1-5(11)7(6(12)2-4)17-8(18)16-3-9(13,14)15/h1-2H,3H2,(H2,16,17,18). The molecule has 3 nitrogen and oxygen atoms in total. The fourth-order valence-electron chi connectivity index (χ4n) is 1.000. The van der Waals surface area contributed by atoms with Crippen molar-refractivity contribution >= 4 is 11.7 Å². The lowest BCUT2D eigenvalue weighted by atomic mass is 10.3. The van der Waals surface area contributed by atoms with E-state index in [1.165, 1.54) is 10.6 Å². The molecule has 0 aromatic heterocycles. The quantitative estimate of drug-likeness (QED) is 0.798. The number of carbonyl (C=O) groups excluding carboxylic acids is 1. The summed E-state index contributed by atoms with van der Waals surface area (Å²) in [5, 5.41) is 2.85. The van der Waals surface area contributed by atoms with E-state index in [9.17, 15) is 31.1 Å². The van der Waals surface area contributed by atoms with E-state index < -0.39 is 41.9 Å². The van der Waals surface area contributed by atoms with Crippen molar-refractivity contribution in [2.24, 2.45) is 0 Å².